The molecule has 1 N–H and O–H groups in total. The fourth-order valence-corrected chi connectivity index (χ4v) is 4.83. The maximum Gasteiger partial charge on any atom is 0.321 e. The first-order valence-corrected chi connectivity index (χ1v) is 13.3. The Balaban J connectivity index is 1.40. The fourth-order valence-electron chi connectivity index (χ4n) is 4.53. The van der Waals surface area contributed by atoms with Crippen LogP contribution in [-0.4, -0.2) is 56.9 Å². The van der Waals surface area contributed by atoms with Crippen LogP contribution in [0, 0.1) is 6.92 Å². The van der Waals surface area contributed by atoms with Crippen LogP contribution in [0.3, 0.4) is 0 Å². The Labute approximate surface area is 226 Å². The number of nitrogens with one attached hydrogen (secondary N) is 1. The van der Waals surface area contributed by atoms with Gasteiger partial charge in [-0.1, -0.05) is 54.7 Å². The van der Waals surface area contributed by atoms with Gasteiger partial charge < -0.3 is 15.1 Å². The van der Waals surface area contributed by atoms with Gasteiger partial charge in [-0.05, 0) is 43.7 Å². The summed E-state index contributed by atoms with van der Waals surface area (Å²) < 4.78 is 1.91. The summed E-state index contributed by atoms with van der Waals surface area (Å²) in [6.45, 7) is 6.61. The molecule has 8 nitrogen and oxygen atoms in total. The van der Waals surface area contributed by atoms with E-state index in [1.165, 1.54) is 0 Å². The number of piperazine rings is 1. The molecule has 1 saturated heterocycles. The zero-order valence-corrected chi connectivity index (χ0v) is 22.4. The van der Waals surface area contributed by atoms with Gasteiger partial charge in [-0.2, -0.15) is 5.10 Å². The van der Waals surface area contributed by atoms with Gasteiger partial charge in [0, 0.05) is 38.3 Å². The molecule has 2 amide bonds. The number of carbonyl (C=O) groups excluding carboxylic acids is 1. The van der Waals surface area contributed by atoms with E-state index in [9.17, 15) is 4.79 Å². The van der Waals surface area contributed by atoms with E-state index in [4.69, 9.17) is 38.3 Å². The highest BCUT2D eigenvalue weighted by Gasteiger charge is 2.26. The van der Waals surface area contributed by atoms with Crippen molar-refractivity contribution in [1.29, 1.82) is 0 Å². The Kier molecular flexibility index (Phi) is 7.48. The second-order valence-corrected chi connectivity index (χ2v) is 9.95. The minimum atomic E-state index is -0.164. The Morgan fingerprint density at radius 3 is 2.46 bits per heavy atom. The van der Waals surface area contributed by atoms with Crippen molar-refractivity contribution in [2.75, 3.05) is 36.4 Å². The van der Waals surface area contributed by atoms with Crippen molar-refractivity contribution in [3.05, 3.63) is 70.1 Å². The van der Waals surface area contributed by atoms with Gasteiger partial charge in [-0.15, -0.1) is 0 Å². The van der Waals surface area contributed by atoms with Crippen molar-refractivity contribution in [2.45, 2.75) is 33.1 Å². The molecule has 0 unspecified atom stereocenters. The molecule has 37 heavy (non-hydrogen) atoms. The van der Waals surface area contributed by atoms with E-state index in [1.807, 2.05) is 41.9 Å². The second kappa shape index (κ2) is 10.9. The minimum absolute atomic E-state index is 0.164. The first kappa shape index (κ1) is 25.3. The third kappa shape index (κ3) is 5.36. The third-order valence-corrected chi connectivity index (χ3v) is 7.26. The Morgan fingerprint density at radius 2 is 1.76 bits per heavy atom. The van der Waals surface area contributed by atoms with Crippen LogP contribution in [0.15, 0.2) is 48.5 Å². The van der Waals surface area contributed by atoms with E-state index in [1.54, 1.807) is 23.1 Å². The predicted octanol–water partition coefficient (Wildman–Crippen LogP) is 6.13. The molecule has 192 valence electrons. The number of halogens is 2. The first-order chi connectivity index (χ1) is 17.9. The Hall–Kier alpha value is -3.36. The molecule has 0 spiro atoms. The zero-order chi connectivity index (χ0) is 25.9. The molecule has 0 saturated carbocycles. The topological polar surface area (TPSA) is 79.2 Å². The number of unbranched alkanes of at least 4 members (excludes halogenated alkanes) is 1. The largest absolute Gasteiger partial charge is 0.352 e. The lowest BCUT2D eigenvalue weighted by Gasteiger charge is -2.35. The van der Waals surface area contributed by atoms with E-state index in [0.717, 1.165) is 53.3 Å². The lowest BCUT2D eigenvalue weighted by atomic mass is 10.2. The molecule has 0 bridgehead atoms. The number of anilines is 2. The molecule has 0 atom stereocenters. The molecule has 0 radical (unpaired) electrons. The van der Waals surface area contributed by atoms with Gasteiger partial charge in [-0.25, -0.2) is 19.4 Å². The summed E-state index contributed by atoms with van der Waals surface area (Å²) in [6.07, 6.45) is 2.90. The maximum atomic E-state index is 12.9. The molecule has 0 aliphatic carbocycles. The zero-order valence-electron chi connectivity index (χ0n) is 20.9. The molecule has 3 heterocycles. The average Bonchev–Trinajstić information content (AvgIpc) is 3.26. The highest BCUT2D eigenvalue weighted by molar-refractivity contribution is 6.42. The highest BCUT2D eigenvalue weighted by atomic mass is 35.5. The first-order valence-electron chi connectivity index (χ1n) is 12.5. The van der Waals surface area contributed by atoms with Crippen LogP contribution >= 0.6 is 23.2 Å². The van der Waals surface area contributed by atoms with Gasteiger partial charge >= 0.3 is 6.03 Å². The van der Waals surface area contributed by atoms with E-state index in [-0.39, 0.29) is 6.03 Å². The highest BCUT2D eigenvalue weighted by Crippen LogP contribution is 2.30. The monoisotopic (exact) mass is 537 g/mol. The number of nitrogens with zero attached hydrogens (tertiary/aromatic N) is 6. The molecule has 5 rings (SSSR count). The molecule has 2 aromatic carbocycles. The van der Waals surface area contributed by atoms with E-state index in [0.29, 0.717) is 41.9 Å². The van der Waals surface area contributed by atoms with Crippen LogP contribution in [0.1, 0.15) is 31.3 Å². The van der Waals surface area contributed by atoms with E-state index in [2.05, 4.69) is 17.1 Å². The van der Waals surface area contributed by atoms with Gasteiger partial charge in [0.2, 0.25) is 0 Å². The number of hydrogen-bond donors (Lipinski definition) is 1. The van der Waals surface area contributed by atoms with Gasteiger partial charge in [-0.3, -0.25) is 0 Å². The van der Waals surface area contributed by atoms with Crippen LogP contribution < -0.4 is 10.2 Å². The van der Waals surface area contributed by atoms with E-state index < -0.39 is 0 Å². The molecule has 4 aromatic rings. The van der Waals surface area contributed by atoms with Crippen molar-refractivity contribution in [2.24, 2.45) is 0 Å². The summed E-state index contributed by atoms with van der Waals surface area (Å²) in [7, 11) is 0. The number of benzene rings is 2. The van der Waals surface area contributed by atoms with Crippen LogP contribution in [-0.2, 0) is 6.42 Å². The van der Waals surface area contributed by atoms with Crippen molar-refractivity contribution in [1.82, 2.24) is 24.6 Å². The van der Waals surface area contributed by atoms with Crippen molar-refractivity contribution < 1.29 is 4.79 Å². The summed E-state index contributed by atoms with van der Waals surface area (Å²) in [5.74, 6) is 1.71. The number of hydrogen-bond acceptors (Lipinski definition) is 5. The van der Waals surface area contributed by atoms with E-state index >= 15 is 0 Å². The molecule has 2 aromatic heterocycles. The van der Waals surface area contributed by atoms with Crippen LogP contribution in [0.5, 0.6) is 0 Å². The maximum absolute atomic E-state index is 12.9. The van der Waals surface area contributed by atoms with Crippen molar-refractivity contribution >= 4 is 51.8 Å². The molecular formula is C27H29Cl2N7O. The third-order valence-electron chi connectivity index (χ3n) is 6.52. The van der Waals surface area contributed by atoms with Crippen LogP contribution in [0.2, 0.25) is 10.0 Å². The molecule has 1 aliphatic heterocycles. The molecule has 10 heteroatoms. The molecular weight excluding hydrogens is 509 g/mol. The van der Waals surface area contributed by atoms with Gasteiger partial charge in [0.25, 0.3) is 0 Å². The number of rotatable bonds is 6. The normalized spacial score (nSPS) is 13.8. The quantitative estimate of drug-likeness (QED) is 0.320. The number of urea groups is 1. The lowest BCUT2D eigenvalue weighted by molar-refractivity contribution is 0.208. The summed E-state index contributed by atoms with van der Waals surface area (Å²) in [4.78, 5) is 26.9. The second-order valence-electron chi connectivity index (χ2n) is 9.13. The number of carbonyl (C=O) groups is 1. The Bertz CT molecular complexity index is 1420. The number of amides is 2. The number of fused-ring (bicyclic) bond motifs is 1. The standard InChI is InChI=1S/C27H29Cl2N7O/c1-3-4-10-23-31-25(24-18(2)33-36(26(24)32-23)20-8-6-5-7-9-20)34-13-15-35(16-14-34)27(37)30-19-11-12-21(28)22(29)17-19/h5-9,11-12,17H,3-4,10,13-16H2,1-2H3,(H,30,37). The summed E-state index contributed by atoms with van der Waals surface area (Å²) >= 11 is 12.1. The van der Waals surface area contributed by atoms with Crippen molar-refractivity contribution in [3.8, 4) is 5.69 Å². The van der Waals surface area contributed by atoms with Crippen LogP contribution in [0.25, 0.3) is 16.7 Å². The lowest BCUT2D eigenvalue weighted by Crippen LogP contribution is -2.50. The summed E-state index contributed by atoms with van der Waals surface area (Å²) in [5, 5.41) is 9.56. The molecule has 1 fully saturated rings. The summed E-state index contributed by atoms with van der Waals surface area (Å²) in [6, 6.07) is 15.0. The van der Waals surface area contributed by atoms with Gasteiger partial charge in [0.1, 0.15) is 11.6 Å². The smallest absolute Gasteiger partial charge is 0.321 e. The Morgan fingerprint density at radius 1 is 1.00 bits per heavy atom. The average molecular weight is 538 g/mol. The summed E-state index contributed by atoms with van der Waals surface area (Å²) in [5.41, 5.74) is 3.29. The van der Waals surface area contributed by atoms with Crippen LogP contribution in [0.4, 0.5) is 16.3 Å². The molecule has 1 aliphatic rings. The van der Waals surface area contributed by atoms with Gasteiger partial charge in [0.15, 0.2) is 5.65 Å². The number of para-hydroxylation sites is 1. The van der Waals surface area contributed by atoms with Crippen molar-refractivity contribution in [3.63, 3.8) is 0 Å². The number of aryl methyl sites for hydroxylation is 2. The minimum Gasteiger partial charge on any atom is -0.352 e. The number of aromatic nitrogens is 4. The fraction of sp³-hybridized carbons (Fsp3) is 0.333. The van der Waals surface area contributed by atoms with Gasteiger partial charge in [0.05, 0.1) is 26.8 Å². The predicted molar refractivity (Wildman–Crippen MR) is 149 cm³/mol. The SMILES string of the molecule is CCCCc1nc(N2CCN(C(=O)Nc3ccc(Cl)c(Cl)c3)CC2)c2c(C)nn(-c3ccccc3)c2n1.